The van der Waals surface area contributed by atoms with Crippen molar-refractivity contribution in [2.45, 2.75) is 13.8 Å². The number of benzene rings is 1. The van der Waals surface area contributed by atoms with Crippen molar-refractivity contribution < 1.29 is 4.92 Å². The number of nitrogens with zero attached hydrogens (tertiary/aromatic N) is 4. The molecule has 1 aromatic heterocycles. The molecule has 0 aliphatic heterocycles. The van der Waals surface area contributed by atoms with E-state index < -0.39 is 4.92 Å². The lowest BCUT2D eigenvalue weighted by molar-refractivity contribution is -0.383. The summed E-state index contributed by atoms with van der Waals surface area (Å²) < 4.78 is 0. The molecule has 0 fully saturated rings. The monoisotopic (exact) mass is 273 g/mol. The van der Waals surface area contributed by atoms with E-state index in [1.807, 2.05) is 38.1 Å². The van der Waals surface area contributed by atoms with Gasteiger partial charge in [0.15, 0.2) is 0 Å². The van der Waals surface area contributed by atoms with Gasteiger partial charge in [0.25, 0.3) is 0 Å². The van der Waals surface area contributed by atoms with Crippen molar-refractivity contribution in [2.75, 3.05) is 17.2 Å². The Labute approximate surface area is 116 Å². The van der Waals surface area contributed by atoms with E-state index in [-0.39, 0.29) is 17.3 Å². The topological polar surface area (TPSA) is 98.2 Å². The molecule has 1 heterocycles. The third-order valence-corrected chi connectivity index (χ3v) is 2.99. The largest absolute Gasteiger partial charge is 0.378 e. The molecule has 2 rings (SSSR count). The van der Waals surface area contributed by atoms with E-state index >= 15 is 0 Å². The molecule has 7 heteroatoms. The van der Waals surface area contributed by atoms with Gasteiger partial charge in [-0.05, 0) is 25.5 Å². The molecular formula is C13H15N5O2. The third kappa shape index (κ3) is 2.37. The highest BCUT2D eigenvalue weighted by molar-refractivity contribution is 5.75. The molecule has 0 saturated carbocycles. The molecular weight excluding hydrogens is 258 g/mol. The average molecular weight is 273 g/mol. The second-order valence-electron chi connectivity index (χ2n) is 4.22. The number of para-hydroxylation sites is 1. The van der Waals surface area contributed by atoms with Crippen LogP contribution in [0.3, 0.4) is 0 Å². The molecule has 2 N–H and O–H groups in total. The van der Waals surface area contributed by atoms with Gasteiger partial charge in [0, 0.05) is 12.2 Å². The maximum absolute atomic E-state index is 11.2. The molecule has 0 radical (unpaired) electrons. The Morgan fingerprint density at radius 2 is 2.05 bits per heavy atom. The number of hydrogen-bond donors (Lipinski definition) is 1. The second-order valence-corrected chi connectivity index (χ2v) is 4.22. The highest BCUT2D eigenvalue weighted by Crippen LogP contribution is 2.35. The van der Waals surface area contributed by atoms with Gasteiger partial charge < -0.3 is 10.6 Å². The Balaban J connectivity index is 2.62. The summed E-state index contributed by atoms with van der Waals surface area (Å²) in [5, 5.41) is 11.2. The van der Waals surface area contributed by atoms with E-state index in [1.54, 1.807) is 4.90 Å². The summed E-state index contributed by atoms with van der Waals surface area (Å²) in [6, 6.07) is 7.62. The van der Waals surface area contributed by atoms with Gasteiger partial charge in [0.05, 0.1) is 4.92 Å². The van der Waals surface area contributed by atoms with Crippen LogP contribution in [-0.2, 0) is 0 Å². The minimum absolute atomic E-state index is 0.132. The fourth-order valence-electron chi connectivity index (χ4n) is 2.06. The lowest BCUT2D eigenvalue weighted by atomic mass is 10.2. The van der Waals surface area contributed by atoms with Crippen LogP contribution in [0.2, 0.25) is 0 Å². The van der Waals surface area contributed by atoms with Crippen molar-refractivity contribution >= 4 is 23.0 Å². The number of aryl methyl sites for hydroxylation is 1. The summed E-state index contributed by atoms with van der Waals surface area (Å²) in [7, 11) is 0. The fraction of sp³-hybridized carbons (Fsp3) is 0.231. The zero-order valence-electron chi connectivity index (χ0n) is 11.3. The summed E-state index contributed by atoms with van der Waals surface area (Å²) in [6.07, 6.45) is 1.23. The summed E-state index contributed by atoms with van der Waals surface area (Å²) in [5.74, 6) is 0.0753. The molecule has 0 aliphatic carbocycles. The van der Waals surface area contributed by atoms with Crippen LogP contribution in [0.25, 0.3) is 0 Å². The molecule has 0 bridgehead atoms. The van der Waals surface area contributed by atoms with Gasteiger partial charge in [-0.25, -0.2) is 9.97 Å². The Morgan fingerprint density at radius 3 is 2.65 bits per heavy atom. The molecule has 0 unspecified atom stereocenters. The Morgan fingerprint density at radius 1 is 1.35 bits per heavy atom. The van der Waals surface area contributed by atoms with E-state index in [4.69, 9.17) is 5.73 Å². The molecule has 1 aromatic carbocycles. The second kappa shape index (κ2) is 5.52. The molecule has 0 saturated heterocycles. The number of anilines is 3. The van der Waals surface area contributed by atoms with Crippen LogP contribution in [0.1, 0.15) is 12.5 Å². The van der Waals surface area contributed by atoms with Gasteiger partial charge in [-0.1, -0.05) is 18.2 Å². The summed E-state index contributed by atoms with van der Waals surface area (Å²) >= 11 is 0. The Bertz CT molecular complexity index is 644. The first kappa shape index (κ1) is 13.7. The molecule has 2 aromatic rings. The van der Waals surface area contributed by atoms with Crippen molar-refractivity contribution in [2.24, 2.45) is 0 Å². The van der Waals surface area contributed by atoms with Crippen molar-refractivity contribution in [3.63, 3.8) is 0 Å². The summed E-state index contributed by atoms with van der Waals surface area (Å²) in [5.41, 5.74) is 7.20. The van der Waals surface area contributed by atoms with Gasteiger partial charge in [-0.15, -0.1) is 0 Å². The molecule has 0 amide bonds. The number of hydrogen-bond acceptors (Lipinski definition) is 6. The Kier molecular flexibility index (Phi) is 3.79. The van der Waals surface area contributed by atoms with Crippen LogP contribution in [0.5, 0.6) is 0 Å². The number of rotatable bonds is 4. The van der Waals surface area contributed by atoms with Crippen LogP contribution in [0, 0.1) is 17.0 Å². The molecule has 0 aliphatic rings. The molecule has 0 spiro atoms. The number of nitrogen functional groups attached to an aromatic ring is 1. The Hall–Kier alpha value is -2.70. The molecule has 104 valence electrons. The van der Waals surface area contributed by atoms with E-state index in [0.29, 0.717) is 6.54 Å². The maximum Gasteiger partial charge on any atom is 0.353 e. The van der Waals surface area contributed by atoms with Crippen LogP contribution >= 0.6 is 0 Å². The first-order valence-electron chi connectivity index (χ1n) is 6.14. The summed E-state index contributed by atoms with van der Waals surface area (Å²) in [4.78, 5) is 20.1. The average Bonchev–Trinajstić information content (AvgIpc) is 2.41. The fourth-order valence-corrected chi connectivity index (χ4v) is 2.06. The van der Waals surface area contributed by atoms with E-state index in [9.17, 15) is 10.1 Å². The lowest BCUT2D eigenvalue weighted by Gasteiger charge is -2.23. The highest BCUT2D eigenvalue weighted by Gasteiger charge is 2.26. The van der Waals surface area contributed by atoms with Gasteiger partial charge in [0.1, 0.15) is 6.33 Å². The summed E-state index contributed by atoms with van der Waals surface area (Å²) in [6.45, 7) is 4.37. The minimum Gasteiger partial charge on any atom is -0.378 e. The van der Waals surface area contributed by atoms with Gasteiger partial charge in [0.2, 0.25) is 11.6 Å². The molecule has 20 heavy (non-hydrogen) atoms. The van der Waals surface area contributed by atoms with Crippen LogP contribution in [-0.4, -0.2) is 21.4 Å². The van der Waals surface area contributed by atoms with E-state index in [2.05, 4.69) is 9.97 Å². The lowest BCUT2D eigenvalue weighted by Crippen LogP contribution is -2.20. The van der Waals surface area contributed by atoms with Crippen molar-refractivity contribution in [1.29, 1.82) is 0 Å². The predicted molar refractivity (Wildman–Crippen MR) is 77.0 cm³/mol. The number of nitrogens with two attached hydrogens (primary N) is 1. The first-order valence-corrected chi connectivity index (χ1v) is 6.14. The smallest absolute Gasteiger partial charge is 0.353 e. The minimum atomic E-state index is -0.550. The van der Waals surface area contributed by atoms with Crippen molar-refractivity contribution in [3.05, 3.63) is 46.3 Å². The van der Waals surface area contributed by atoms with Gasteiger partial charge in [-0.2, -0.15) is 0 Å². The van der Waals surface area contributed by atoms with Crippen molar-refractivity contribution in [3.8, 4) is 0 Å². The van der Waals surface area contributed by atoms with E-state index in [1.165, 1.54) is 6.33 Å². The van der Waals surface area contributed by atoms with Gasteiger partial charge >= 0.3 is 5.69 Å². The van der Waals surface area contributed by atoms with Crippen LogP contribution in [0.15, 0.2) is 30.6 Å². The zero-order valence-corrected chi connectivity index (χ0v) is 11.3. The maximum atomic E-state index is 11.2. The molecule has 7 nitrogen and oxygen atoms in total. The quantitative estimate of drug-likeness (QED) is 0.678. The molecule has 0 atom stereocenters. The van der Waals surface area contributed by atoms with Crippen LogP contribution in [0.4, 0.5) is 23.0 Å². The van der Waals surface area contributed by atoms with E-state index in [0.717, 1.165) is 11.3 Å². The number of nitro groups is 1. The highest BCUT2D eigenvalue weighted by atomic mass is 16.6. The standard InChI is InChI=1S/C13H15N5O2/c1-3-17(10-7-5-4-6-9(10)2)13-11(18(19)20)12(14)15-8-16-13/h4-8H,3H2,1-2H3,(H2,14,15,16). The normalized spacial score (nSPS) is 10.3. The third-order valence-electron chi connectivity index (χ3n) is 2.99. The van der Waals surface area contributed by atoms with Gasteiger partial charge in [-0.3, -0.25) is 10.1 Å². The zero-order chi connectivity index (χ0) is 14.7. The number of aromatic nitrogens is 2. The first-order chi connectivity index (χ1) is 9.56. The van der Waals surface area contributed by atoms with Crippen LogP contribution < -0.4 is 10.6 Å². The van der Waals surface area contributed by atoms with Crippen molar-refractivity contribution in [1.82, 2.24) is 9.97 Å². The predicted octanol–water partition coefficient (Wildman–Crippen LogP) is 2.43. The SMILES string of the molecule is CCN(c1ccccc1C)c1ncnc(N)c1[N+](=O)[O-].